The van der Waals surface area contributed by atoms with E-state index < -0.39 is 0 Å². The van der Waals surface area contributed by atoms with Crippen LogP contribution in [0.1, 0.15) is 0 Å². The van der Waals surface area contributed by atoms with Crippen molar-refractivity contribution in [2.45, 2.75) is 0 Å². The first-order valence-electron chi connectivity index (χ1n) is 4.99. The van der Waals surface area contributed by atoms with Gasteiger partial charge in [0.1, 0.15) is 0 Å². The zero-order chi connectivity index (χ0) is 15.1. The van der Waals surface area contributed by atoms with Crippen molar-refractivity contribution in [3.8, 4) is 0 Å². The van der Waals surface area contributed by atoms with Crippen LogP contribution >= 0.6 is 0 Å². The molecular weight excluding hydrogens is 268 g/mol. The molecule has 0 unspecified atom stereocenters. The third-order valence-corrected chi connectivity index (χ3v) is 1.55. The van der Waals surface area contributed by atoms with Crippen molar-refractivity contribution in [3.05, 3.63) is 0 Å². The molecule has 0 aliphatic carbocycles. The average Bonchev–Trinajstić information content (AvgIpc) is 2.26. The highest BCUT2D eigenvalue weighted by atomic mass is 16.6. The number of nitrogen functional groups attached to an aromatic ring is 5. The van der Waals surface area contributed by atoms with Crippen LogP contribution in [0.3, 0.4) is 0 Å². The second kappa shape index (κ2) is 6.64. The third kappa shape index (κ3) is 4.96. The molecule has 108 valence electrons. The predicted octanol–water partition coefficient (Wildman–Crippen LogP) is -2.37. The van der Waals surface area contributed by atoms with Crippen LogP contribution in [0.25, 0.3) is 0 Å². The van der Waals surface area contributed by atoms with Crippen LogP contribution in [-0.4, -0.2) is 37.0 Å². The van der Waals surface area contributed by atoms with Gasteiger partial charge in [0.15, 0.2) is 0 Å². The Bertz CT molecular complexity index is 503. The van der Waals surface area contributed by atoms with Crippen LogP contribution in [0.15, 0.2) is 0 Å². The SMILES string of the molecule is CONc1nc(N)nc(N)n1.Nc1nc(N)nc(N)n1. The number of rotatable bonds is 2. The Morgan fingerprint density at radius 2 is 0.950 bits per heavy atom. The molecule has 0 saturated carbocycles. The van der Waals surface area contributed by atoms with Crippen molar-refractivity contribution >= 4 is 35.7 Å². The van der Waals surface area contributed by atoms with Crippen LogP contribution in [0.2, 0.25) is 0 Å². The molecule has 11 N–H and O–H groups in total. The molecule has 2 aromatic heterocycles. The number of hydrogen-bond acceptors (Lipinski definition) is 13. The van der Waals surface area contributed by atoms with Crippen molar-refractivity contribution < 1.29 is 4.84 Å². The van der Waals surface area contributed by atoms with Gasteiger partial charge in [-0.2, -0.15) is 29.9 Å². The van der Waals surface area contributed by atoms with E-state index >= 15 is 0 Å². The lowest BCUT2D eigenvalue weighted by atomic mass is 10.8. The van der Waals surface area contributed by atoms with E-state index in [1.165, 1.54) is 7.11 Å². The monoisotopic (exact) mass is 282 g/mol. The van der Waals surface area contributed by atoms with Gasteiger partial charge in [0.2, 0.25) is 29.7 Å². The summed E-state index contributed by atoms with van der Waals surface area (Å²) in [5.41, 5.74) is 28.3. The minimum Gasteiger partial charge on any atom is -0.368 e. The van der Waals surface area contributed by atoms with Crippen LogP contribution in [-0.2, 0) is 4.84 Å². The fraction of sp³-hybridized carbons (Fsp3) is 0.143. The van der Waals surface area contributed by atoms with Gasteiger partial charge in [-0.1, -0.05) is 0 Å². The Kier molecular flexibility index (Phi) is 4.93. The molecule has 2 rings (SSSR count). The summed E-state index contributed by atoms with van der Waals surface area (Å²) < 4.78 is 0. The zero-order valence-electron chi connectivity index (χ0n) is 10.5. The Morgan fingerprint density at radius 3 is 1.25 bits per heavy atom. The van der Waals surface area contributed by atoms with E-state index in [0.29, 0.717) is 0 Å². The molecule has 0 aliphatic rings. The maximum absolute atomic E-state index is 5.25. The first-order valence-corrected chi connectivity index (χ1v) is 4.99. The van der Waals surface area contributed by atoms with Gasteiger partial charge < -0.3 is 28.7 Å². The minimum atomic E-state index is 0.0417. The van der Waals surface area contributed by atoms with E-state index in [9.17, 15) is 0 Å². The maximum atomic E-state index is 5.25. The molecule has 0 saturated heterocycles. The molecule has 20 heavy (non-hydrogen) atoms. The lowest BCUT2D eigenvalue weighted by Gasteiger charge is -2.00. The maximum Gasteiger partial charge on any atom is 0.253 e. The molecule has 0 bridgehead atoms. The summed E-state index contributed by atoms with van der Waals surface area (Å²) in [6.07, 6.45) is 0. The highest BCUT2D eigenvalue weighted by Gasteiger charge is 1.98. The molecule has 0 radical (unpaired) electrons. The summed E-state index contributed by atoms with van der Waals surface area (Å²) in [5, 5.41) is 0. The van der Waals surface area contributed by atoms with Gasteiger partial charge in [0.25, 0.3) is 5.95 Å². The minimum absolute atomic E-state index is 0.0417. The lowest BCUT2D eigenvalue weighted by Crippen LogP contribution is -2.08. The topological polar surface area (TPSA) is 229 Å². The Labute approximate surface area is 112 Å². The number of anilines is 6. The Morgan fingerprint density at radius 1 is 0.650 bits per heavy atom. The standard InChI is InChI=1S/C4H8N6O.C3H6N6/c1-11-10-4-8-2(5)7-3(6)9-4;4-1-7-2(5)9-3(6)8-1/h1H3,(H5,5,6,7,8,9,10);(H6,4,5,6,7,8,9). The third-order valence-electron chi connectivity index (χ3n) is 1.55. The molecule has 2 aromatic rings. The van der Waals surface area contributed by atoms with E-state index in [-0.39, 0.29) is 35.7 Å². The molecular formula is C7H14N12O. The van der Waals surface area contributed by atoms with Gasteiger partial charge in [-0.05, 0) is 0 Å². The van der Waals surface area contributed by atoms with Crippen molar-refractivity contribution in [1.29, 1.82) is 0 Å². The number of aromatic nitrogens is 6. The smallest absolute Gasteiger partial charge is 0.253 e. The summed E-state index contributed by atoms with van der Waals surface area (Å²) in [6, 6.07) is 0. The van der Waals surface area contributed by atoms with Gasteiger partial charge in [-0.15, -0.1) is 0 Å². The fourth-order valence-electron chi connectivity index (χ4n) is 0.973. The number of nitrogens with zero attached hydrogens (tertiary/aromatic N) is 6. The van der Waals surface area contributed by atoms with Gasteiger partial charge in [-0.3, -0.25) is 4.84 Å². The van der Waals surface area contributed by atoms with Crippen molar-refractivity contribution in [1.82, 2.24) is 29.9 Å². The molecule has 13 nitrogen and oxygen atoms in total. The highest BCUT2D eigenvalue weighted by molar-refractivity contribution is 5.35. The van der Waals surface area contributed by atoms with Crippen LogP contribution < -0.4 is 34.1 Å². The van der Waals surface area contributed by atoms with Crippen LogP contribution in [0.5, 0.6) is 0 Å². The van der Waals surface area contributed by atoms with Crippen molar-refractivity contribution in [2.24, 2.45) is 0 Å². The molecule has 0 amide bonds. The predicted molar refractivity (Wildman–Crippen MR) is 72.3 cm³/mol. The van der Waals surface area contributed by atoms with E-state index in [2.05, 4.69) is 40.2 Å². The van der Waals surface area contributed by atoms with E-state index in [1.807, 2.05) is 0 Å². The summed E-state index contributed by atoms with van der Waals surface area (Å²) in [6.45, 7) is 0. The van der Waals surface area contributed by atoms with Crippen LogP contribution in [0.4, 0.5) is 35.7 Å². The molecule has 0 aromatic carbocycles. The van der Waals surface area contributed by atoms with Gasteiger partial charge in [-0.25, -0.2) is 5.48 Å². The molecule has 0 aliphatic heterocycles. The first-order chi connectivity index (χ1) is 9.40. The Balaban J connectivity index is 0.000000204. The van der Waals surface area contributed by atoms with Gasteiger partial charge in [0, 0.05) is 0 Å². The lowest BCUT2D eigenvalue weighted by molar-refractivity contribution is 0.267. The molecule has 0 spiro atoms. The first kappa shape index (κ1) is 14.8. The molecule has 0 atom stereocenters. The molecule has 0 fully saturated rings. The van der Waals surface area contributed by atoms with E-state index in [4.69, 9.17) is 28.7 Å². The number of hydrogen-bond donors (Lipinski definition) is 6. The fourth-order valence-corrected chi connectivity index (χ4v) is 0.973. The number of nitrogens with two attached hydrogens (primary N) is 5. The summed E-state index contributed by atoms with van der Waals surface area (Å²) in [4.78, 5) is 25.9. The Hall–Kier alpha value is -3.22. The quantitative estimate of drug-likeness (QED) is 0.316. The van der Waals surface area contributed by atoms with Crippen molar-refractivity contribution in [3.63, 3.8) is 0 Å². The summed E-state index contributed by atoms with van der Waals surface area (Å²) >= 11 is 0. The summed E-state index contributed by atoms with van der Waals surface area (Å²) in [5.74, 6) is 0.423. The average molecular weight is 282 g/mol. The second-order valence-electron chi connectivity index (χ2n) is 3.09. The van der Waals surface area contributed by atoms with Gasteiger partial charge >= 0.3 is 0 Å². The second-order valence-corrected chi connectivity index (χ2v) is 3.09. The summed E-state index contributed by atoms with van der Waals surface area (Å²) in [7, 11) is 1.43. The van der Waals surface area contributed by atoms with Gasteiger partial charge in [0.05, 0.1) is 7.11 Å². The van der Waals surface area contributed by atoms with E-state index in [1.54, 1.807) is 0 Å². The van der Waals surface area contributed by atoms with Crippen LogP contribution in [0, 0.1) is 0 Å². The molecule has 2 heterocycles. The normalized spacial score (nSPS) is 9.45. The van der Waals surface area contributed by atoms with E-state index in [0.717, 1.165) is 0 Å². The van der Waals surface area contributed by atoms with Crippen molar-refractivity contribution in [2.75, 3.05) is 41.3 Å². The number of nitrogens with one attached hydrogen (secondary N) is 1. The molecule has 13 heteroatoms. The largest absolute Gasteiger partial charge is 0.368 e. The zero-order valence-corrected chi connectivity index (χ0v) is 10.5. The highest BCUT2D eigenvalue weighted by Crippen LogP contribution is 2.02.